The minimum Gasteiger partial charge on any atom is -0.493 e. The summed E-state index contributed by atoms with van der Waals surface area (Å²) in [6.45, 7) is 1.85. The number of methoxy groups -OCH3 is 2. The van der Waals surface area contributed by atoms with Gasteiger partial charge in [0.25, 0.3) is 0 Å². The first-order chi connectivity index (χ1) is 12.0. The van der Waals surface area contributed by atoms with Crippen LogP contribution in [-0.2, 0) is 15.8 Å². The minimum absolute atomic E-state index is 0.0515. The smallest absolute Gasteiger partial charge is 0.239 e. The average Bonchev–Trinajstić information content (AvgIpc) is 2.61. The van der Waals surface area contributed by atoms with Crippen molar-refractivity contribution in [3.63, 3.8) is 0 Å². The summed E-state index contributed by atoms with van der Waals surface area (Å²) in [5.74, 6) is 1.10. The van der Waals surface area contributed by atoms with Gasteiger partial charge in [0.2, 0.25) is 10.0 Å². The first kappa shape index (κ1) is 17.4. The molecule has 1 aliphatic heterocycles. The van der Waals surface area contributed by atoms with E-state index in [2.05, 4.69) is 0 Å². The van der Waals surface area contributed by atoms with Crippen molar-refractivity contribution in [1.29, 1.82) is 0 Å². The van der Waals surface area contributed by atoms with Gasteiger partial charge in [-0.15, -0.1) is 0 Å². The molecular weight excluding hydrogens is 338 g/mol. The van der Waals surface area contributed by atoms with E-state index in [-0.39, 0.29) is 5.75 Å². The summed E-state index contributed by atoms with van der Waals surface area (Å²) in [4.78, 5) is 0. The van der Waals surface area contributed by atoms with Crippen molar-refractivity contribution in [3.05, 3.63) is 65.4 Å². The zero-order chi connectivity index (χ0) is 18.0. The molecule has 0 fully saturated rings. The summed E-state index contributed by atoms with van der Waals surface area (Å²) in [5, 5.41) is 0. The van der Waals surface area contributed by atoms with E-state index >= 15 is 0 Å². The summed E-state index contributed by atoms with van der Waals surface area (Å²) in [7, 11) is -0.394. The summed E-state index contributed by atoms with van der Waals surface area (Å²) in [5.41, 5.74) is 2.49. The lowest BCUT2D eigenvalue weighted by atomic mass is 9.97. The van der Waals surface area contributed by atoms with Gasteiger partial charge in [-0.1, -0.05) is 36.4 Å². The SMILES string of the molecule is COc1ccc2c(c1OC)C(C)N(S(=O)(=O)Cc1ccccc1)C=C2. The second-order valence-corrected chi connectivity index (χ2v) is 7.74. The summed E-state index contributed by atoms with van der Waals surface area (Å²) < 4.78 is 38.1. The first-order valence-corrected chi connectivity index (χ1v) is 9.57. The molecule has 0 spiro atoms. The van der Waals surface area contributed by atoms with Crippen molar-refractivity contribution in [2.45, 2.75) is 18.7 Å². The predicted octanol–water partition coefficient (Wildman–Crippen LogP) is 3.58. The second-order valence-electron chi connectivity index (χ2n) is 5.87. The zero-order valence-corrected chi connectivity index (χ0v) is 15.3. The van der Waals surface area contributed by atoms with Crippen molar-refractivity contribution in [3.8, 4) is 11.5 Å². The highest BCUT2D eigenvalue weighted by Crippen LogP contribution is 2.43. The Bertz CT molecular complexity index is 891. The van der Waals surface area contributed by atoms with Gasteiger partial charge in [-0.2, -0.15) is 0 Å². The highest BCUT2D eigenvalue weighted by molar-refractivity contribution is 7.88. The topological polar surface area (TPSA) is 55.8 Å². The molecule has 0 amide bonds. The van der Waals surface area contributed by atoms with E-state index in [0.29, 0.717) is 11.5 Å². The van der Waals surface area contributed by atoms with Gasteiger partial charge in [-0.25, -0.2) is 8.42 Å². The van der Waals surface area contributed by atoms with Crippen LogP contribution in [0.25, 0.3) is 6.08 Å². The van der Waals surface area contributed by atoms with E-state index < -0.39 is 16.1 Å². The zero-order valence-electron chi connectivity index (χ0n) is 14.5. The van der Waals surface area contributed by atoms with Crippen LogP contribution >= 0.6 is 0 Å². The van der Waals surface area contributed by atoms with Gasteiger partial charge < -0.3 is 9.47 Å². The molecule has 132 valence electrons. The Morgan fingerprint density at radius 1 is 1.04 bits per heavy atom. The maximum absolute atomic E-state index is 12.9. The Kier molecular flexibility index (Phi) is 4.72. The summed E-state index contributed by atoms with van der Waals surface area (Å²) >= 11 is 0. The fraction of sp³-hybridized carbons (Fsp3) is 0.263. The summed E-state index contributed by atoms with van der Waals surface area (Å²) in [6.07, 6.45) is 3.41. The molecule has 25 heavy (non-hydrogen) atoms. The quantitative estimate of drug-likeness (QED) is 0.819. The molecule has 0 saturated carbocycles. The second kappa shape index (κ2) is 6.80. The number of benzene rings is 2. The van der Waals surface area contributed by atoms with Crippen molar-refractivity contribution < 1.29 is 17.9 Å². The molecule has 0 bridgehead atoms. The molecule has 1 heterocycles. The Labute approximate surface area is 148 Å². The maximum atomic E-state index is 12.9. The van der Waals surface area contributed by atoms with Crippen molar-refractivity contribution >= 4 is 16.1 Å². The van der Waals surface area contributed by atoms with Crippen LogP contribution in [0.1, 0.15) is 29.7 Å². The number of sulfonamides is 1. The first-order valence-electron chi connectivity index (χ1n) is 7.96. The Balaban J connectivity index is 2.00. The standard InChI is InChI=1S/C19H21NO4S/c1-14-18-16(9-10-17(23-2)19(18)24-3)11-12-20(14)25(21,22)13-15-7-5-4-6-8-15/h4-12,14H,13H2,1-3H3. The van der Waals surface area contributed by atoms with Gasteiger partial charge in [0.1, 0.15) is 0 Å². The molecule has 1 atom stereocenters. The van der Waals surface area contributed by atoms with E-state index in [1.165, 1.54) is 4.31 Å². The average molecular weight is 359 g/mol. The lowest BCUT2D eigenvalue weighted by Gasteiger charge is -2.33. The van der Waals surface area contributed by atoms with Gasteiger partial charge in [0, 0.05) is 11.8 Å². The van der Waals surface area contributed by atoms with Crippen LogP contribution in [0, 0.1) is 0 Å². The molecule has 0 aliphatic carbocycles. The third-order valence-electron chi connectivity index (χ3n) is 4.33. The van der Waals surface area contributed by atoms with Crippen LogP contribution in [0.2, 0.25) is 0 Å². The fourth-order valence-electron chi connectivity index (χ4n) is 3.15. The molecular formula is C19H21NO4S. The molecule has 1 unspecified atom stereocenters. The third-order valence-corrected chi connectivity index (χ3v) is 6.11. The number of fused-ring (bicyclic) bond motifs is 1. The molecule has 3 rings (SSSR count). The number of hydrogen-bond acceptors (Lipinski definition) is 4. The minimum atomic E-state index is -3.52. The highest BCUT2D eigenvalue weighted by atomic mass is 32.2. The Morgan fingerprint density at radius 2 is 1.76 bits per heavy atom. The van der Waals surface area contributed by atoms with E-state index in [0.717, 1.165) is 16.7 Å². The van der Waals surface area contributed by atoms with Crippen LogP contribution in [0.4, 0.5) is 0 Å². The highest BCUT2D eigenvalue weighted by Gasteiger charge is 2.32. The molecule has 0 N–H and O–H groups in total. The number of rotatable bonds is 5. The van der Waals surface area contributed by atoms with E-state index in [1.807, 2.05) is 49.4 Å². The Hall–Kier alpha value is -2.47. The van der Waals surface area contributed by atoms with Crippen LogP contribution in [0.3, 0.4) is 0 Å². The van der Waals surface area contributed by atoms with Crippen LogP contribution < -0.4 is 9.47 Å². The lowest BCUT2D eigenvalue weighted by Crippen LogP contribution is -2.32. The Morgan fingerprint density at radius 3 is 2.40 bits per heavy atom. The van der Waals surface area contributed by atoms with Crippen LogP contribution in [0.5, 0.6) is 11.5 Å². The fourth-order valence-corrected chi connectivity index (χ4v) is 4.74. The number of nitrogens with zero attached hydrogens (tertiary/aromatic N) is 1. The van der Waals surface area contributed by atoms with Crippen molar-refractivity contribution in [2.24, 2.45) is 0 Å². The lowest BCUT2D eigenvalue weighted by molar-refractivity contribution is 0.339. The van der Waals surface area contributed by atoms with Crippen LogP contribution in [-0.4, -0.2) is 26.9 Å². The van der Waals surface area contributed by atoms with Crippen molar-refractivity contribution in [2.75, 3.05) is 14.2 Å². The van der Waals surface area contributed by atoms with Crippen LogP contribution in [0.15, 0.2) is 48.7 Å². The maximum Gasteiger partial charge on any atom is 0.239 e. The van der Waals surface area contributed by atoms with E-state index in [1.54, 1.807) is 26.5 Å². The van der Waals surface area contributed by atoms with Gasteiger partial charge in [0.05, 0.1) is 26.0 Å². The molecule has 5 nitrogen and oxygen atoms in total. The molecule has 6 heteroatoms. The monoisotopic (exact) mass is 359 g/mol. The number of ether oxygens (including phenoxy) is 2. The predicted molar refractivity (Wildman–Crippen MR) is 97.9 cm³/mol. The summed E-state index contributed by atoms with van der Waals surface area (Å²) in [6, 6.07) is 12.5. The molecule has 0 saturated heterocycles. The molecule has 0 radical (unpaired) electrons. The van der Waals surface area contributed by atoms with Crippen molar-refractivity contribution in [1.82, 2.24) is 4.31 Å². The van der Waals surface area contributed by atoms with Gasteiger partial charge in [-0.05, 0) is 30.2 Å². The molecule has 1 aliphatic rings. The molecule has 2 aromatic carbocycles. The number of hydrogen-bond donors (Lipinski definition) is 0. The molecule has 0 aromatic heterocycles. The van der Waals surface area contributed by atoms with E-state index in [4.69, 9.17) is 9.47 Å². The third kappa shape index (κ3) is 3.22. The largest absolute Gasteiger partial charge is 0.493 e. The van der Waals surface area contributed by atoms with Gasteiger partial charge in [0.15, 0.2) is 11.5 Å². The van der Waals surface area contributed by atoms with Gasteiger partial charge in [-0.3, -0.25) is 4.31 Å². The van der Waals surface area contributed by atoms with Gasteiger partial charge >= 0.3 is 0 Å². The normalized spacial score (nSPS) is 16.4. The molecule has 2 aromatic rings. The van der Waals surface area contributed by atoms with E-state index in [9.17, 15) is 8.42 Å².